The highest BCUT2D eigenvalue weighted by atomic mass is 79.9. The number of halogens is 1. The van der Waals surface area contributed by atoms with E-state index in [4.69, 9.17) is 4.74 Å². The molecule has 22 heavy (non-hydrogen) atoms. The van der Waals surface area contributed by atoms with Gasteiger partial charge in [0.25, 0.3) is 0 Å². The molecule has 2 N–H and O–H groups in total. The molecule has 1 aromatic carbocycles. The summed E-state index contributed by atoms with van der Waals surface area (Å²) in [5.74, 6) is -0.413. The second-order valence-electron chi connectivity index (χ2n) is 5.52. The molecule has 0 spiro atoms. The van der Waals surface area contributed by atoms with Crippen molar-refractivity contribution in [2.24, 2.45) is 0 Å². The van der Waals surface area contributed by atoms with E-state index in [1.165, 1.54) is 0 Å². The van der Waals surface area contributed by atoms with Crippen LogP contribution in [0, 0.1) is 0 Å². The normalized spacial score (nSPS) is 16.2. The number of para-hydroxylation sites is 1. The minimum absolute atomic E-state index is 0.222. The Balaban J connectivity index is 1.74. The summed E-state index contributed by atoms with van der Waals surface area (Å²) in [5.41, 5.74) is -1.06. The van der Waals surface area contributed by atoms with Crippen molar-refractivity contribution in [1.82, 2.24) is 5.32 Å². The summed E-state index contributed by atoms with van der Waals surface area (Å²) in [6, 6.07) is 7.52. The van der Waals surface area contributed by atoms with Gasteiger partial charge in [0, 0.05) is 6.42 Å². The molecule has 0 radical (unpaired) electrons. The van der Waals surface area contributed by atoms with Crippen LogP contribution < -0.4 is 10.1 Å². The van der Waals surface area contributed by atoms with E-state index in [0.717, 1.165) is 23.1 Å². The summed E-state index contributed by atoms with van der Waals surface area (Å²) in [4.78, 5) is 23.3. The lowest BCUT2D eigenvalue weighted by molar-refractivity contribution is -0.147. The van der Waals surface area contributed by atoms with E-state index in [2.05, 4.69) is 21.2 Å². The van der Waals surface area contributed by atoms with Gasteiger partial charge in [-0.25, -0.2) is 4.79 Å². The quantitative estimate of drug-likeness (QED) is 0.724. The number of carboxylic acid groups (broad SMARTS) is 1. The molecule has 120 valence electrons. The van der Waals surface area contributed by atoms with Crippen LogP contribution in [0.3, 0.4) is 0 Å². The van der Waals surface area contributed by atoms with Crippen LogP contribution in [0.25, 0.3) is 0 Å². The summed E-state index contributed by atoms with van der Waals surface area (Å²) < 4.78 is 6.46. The topological polar surface area (TPSA) is 75.6 Å². The van der Waals surface area contributed by atoms with E-state index in [0.29, 0.717) is 25.9 Å². The predicted octanol–water partition coefficient (Wildman–Crippen LogP) is 3.12. The van der Waals surface area contributed by atoms with Gasteiger partial charge in [-0.15, -0.1) is 0 Å². The number of rotatable bonds is 7. The zero-order valence-electron chi connectivity index (χ0n) is 12.3. The molecule has 0 bridgehead atoms. The second kappa shape index (κ2) is 7.63. The van der Waals surface area contributed by atoms with Crippen LogP contribution >= 0.6 is 15.9 Å². The summed E-state index contributed by atoms with van der Waals surface area (Å²) >= 11 is 3.39. The zero-order chi connectivity index (χ0) is 16.0. The first-order chi connectivity index (χ1) is 10.5. The monoisotopic (exact) mass is 369 g/mol. The van der Waals surface area contributed by atoms with Crippen LogP contribution in [-0.4, -0.2) is 29.1 Å². The number of benzene rings is 1. The number of carboxylic acids is 1. The molecule has 0 aromatic heterocycles. The molecule has 2 rings (SSSR count). The molecule has 0 aliphatic heterocycles. The maximum atomic E-state index is 11.9. The van der Waals surface area contributed by atoms with E-state index in [1.54, 1.807) is 0 Å². The molecule has 0 atom stereocenters. The van der Waals surface area contributed by atoms with Crippen molar-refractivity contribution in [3.05, 3.63) is 28.7 Å². The number of amides is 1. The lowest BCUT2D eigenvalue weighted by atomic mass is 9.97. The van der Waals surface area contributed by atoms with E-state index < -0.39 is 11.5 Å². The maximum absolute atomic E-state index is 11.9. The highest BCUT2D eigenvalue weighted by Gasteiger charge is 2.42. The fourth-order valence-corrected chi connectivity index (χ4v) is 3.08. The molecule has 0 heterocycles. The predicted molar refractivity (Wildman–Crippen MR) is 85.8 cm³/mol. The second-order valence-corrected chi connectivity index (χ2v) is 6.38. The van der Waals surface area contributed by atoms with Crippen molar-refractivity contribution in [3.63, 3.8) is 0 Å². The Bertz CT molecular complexity index is 541. The third-order valence-electron chi connectivity index (χ3n) is 3.89. The van der Waals surface area contributed by atoms with E-state index in [-0.39, 0.29) is 12.3 Å². The third kappa shape index (κ3) is 4.22. The van der Waals surface area contributed by atoms with Gasteiger partial charge in [-0.3, -0.25) is 4.79 Å². The molecular formula is C16H20BrNO4. The van der Waals surface area contributed by atoms with Crippen molar-refractivity contribution >= 4 is 27.8 Å². The van der Waals surface area contributed by atoms with Gasteiger partial charge in [0.05, 0.1) is 11.1 Å². The Morgan fingerprint density at radius 2 is 1.95 bits per heavy atom. The fourth-order valence-electron chi connectivity index (χ4n) is 2.68. The standard InChI is InChI=1S/C16H20BrNO4/c17-12-6-1-2-7-13(12)22-11-5-8-14(19)18-16(15(20)21)9-3-4-10-16/h1-2,6-7H,3-5,8-11H2,(H,18,19)(H,20,21). The summed E-state index contributed by atoms with van der Waals surface area (Å²) in [5, 5.41) is 12.0. The van der Waals surface area contributed by atoms with Gasteiger partial charge < -0.3 is 15.2 Å². The van der Waals surface area contributed by atoms with Crippen LogP contribution in [0.4, 0.5) is 0 Å². The molecule has 1 saturated carbocycles. The van der Waals surface area contributed by atoms with Gasteiger partial charge in [-0.05, 0) is 47.3 Å². The zero-order valence-corrected chi connectivity index (χ0v) is 13.9. The maximum Gasteiger partial charge on any atom is 0.329 e. The first-order valence-electron chi connectivity index (χ1n) is 7.45. The van der Waals surface area contributed by atoms with Gasteiger partial charge >= 0.3 is 5.97 Å². The summed E-state index contributed by atoms with van der Waals surface area (Å²) in [6.45, 7) is 0.413. The van der Waals surface area contributed by atoms with E-state index in [1.807, 2.05) is 24.3 Å². The molecule has 0 unspecified atom stereocenters. The Kier molecular flexibility index (Phi) is 5.83. The van der Waals surface area contributed by atoms with Gasteiger partial charge in [0.2, 0.25) is 5.91 Å². The summed E-state index contributed by atoms with van der Waals surface area (Å²) in [6.07, 6.45) is 3.53. The molecule has 1 aliphatic carbocycles. The Hall–Kier alpha value is -1.56. The van der Waals surface area contributed by atoms with Crippen LogP contribution in [0.5, 0.6) is 5.75 Å². The third-order valence-corrected chi connectivity index (χ3v) is 4.54. The highest BCUT2D eigenvalue weighted by molar-refractivity contribution is 9.10. The number of hydrogen-bond donors (Lipinski definition) is 2. The van der Waals surface area contributed by atoms with Crippen LogP contribution in [0.15, 0.2) is 28.7 Å². The SMILES string of the molecule is O=C(CCCOc1ccccc1Br)NC1(C(=O)O)CCCC1. The van der Waals surface area contributed by atoms with E-state index >= 15 is 0 Å². The number of aliphatic carboxylic acids is 1. The Morgan fingerprint density at radius 1 is 1.27 bits per heavy atom. The molecular weight excluding hydrogens is 350 g/mol. The van der Waals surface area contributed by atoms with Gasteiger partial charge in [-0.1, -0.05) is 25.0 Å². The fraction of sp³-hybridized carbons (Fsp3) is 0.500. The van der Waals surface area contributed by atoms with Crippen LogP contribution in [0.1, 0.15) is 38.5 Å². The molecule has 6 heteroatoms. The van der Waals surface area contributed by atoms with Crippen molar-refractivity contribution in [3.8, 4) is 5.75 Å². The molecule has 1 aromatic rings. The number of nitrogens with one attached hydrogen (secondary N) is 1. The lowest BCUT2D eigenvalue weighted by Crippen LogP contribution is -2.52. The van der Waals surface area contributed by atoms with E-state index in [9.17, 15) is 14.7 Å². The average molecular weight is 370 g/mol. The Morgan fingerprint density at radius 3 is 2.59 bits per heavy atom. The molecule has 0 saturated heterocycles. The molecule has 1 fully saturated rings. The van der Waals surface area contributed by atoms with Crippen LogP contribution in [0.2, 0.25) is 0 Å². The first kappa shape index (κ1) is 16.8. The van der Waals surface area contributed by atoms with Gasteiger partial charge in [-0.2, -0.15) is 0 Å². The van der Waals surface area contributed by atoms with Crippen molar-refractivity contribution in [2.75, 3.05) is 6.61 Å². The van der Waals surface area contributed by atoms with Crippen LogP contribution in [-0.2, 0) is 9.59 Å². The first-order valence-corrected chi connectivity index (χ1v) is 8.24. The highest BCUT2D eigenvalue weighted by Crippen LogP contribution is 2.30. The largest absolute Gasteiger partial charge is 0.492 e. The lowest BCUT2D eigenvalue weighted by Gasteiger charge is -2.25. The van der Waals surface area contributed by atoms with Crippen molar-refractivity contribution in [1.29, 1.82) is 0 Å². The Labute approximate surface area is 138 Å². The summed E-state index contributed by atoms with van der Waals surface area (Å²) in [7, 11) is 0. The minimum Gasteiger partial charge on any atom is -0.492 e. The number of ether oxygens (including phenoxy) is 1. The molecule has 1 aliphatic rings. The molecule has 5 nitrogen and oxygen atoms in total. The number of carbonyl (C=O) groups excluding carboxylic acids is 1. The van der Waals surface area contributed by atoms with Crippen molar-refractivity contribution < 1.29 is 19.4 Å². The van der Waals surface area contributed by atoms with Crippen molar-refractivity contribution in [2.45, 2.75) is 44.1 Å². The van der Waals surface area contributed by atoms with Gasteiger partial charge in [0.1, 0.15) is 11.3 Å². The minimum atomic E-state index is -1.06. The average Bonchev–Trinajstić information content (AvgIpc) is 2.95. The molecule has 1 amide bonds. The number of carbonyl (C=O) groups is 2. The smallest absolute Gasteiger partial charge is 0.329 e. The van der Waals surface area contributed by atoms with Gasteiger partial charge in [0.15, 0.2) is 0 Å². The number of hydrogen-bond acceptors (Lipinski definition) is 3.